The summed E-state index contributed by atoms with van der Waals surface area (Å²) in [6, 6.07) is 5.46. The molecular weight excluding hydrogens is 296 g/mol. The van der Waals surface area contributed by atoms with Gasteiger partial charge >= 0.3 is 0 Å². The van der Waals surface area contributed by atoms with E-state index >= 15 is 0 Å². The minimum atomic E-state index is -3.83. The van der Waals surface area contributed by atoms with Gasteiger partial charge in [0.25, 0.3) is 5.69 Å². The van der Waals surface area contributed by atoms with Crippen molar-refractivity contribution in [2.24, 2.45) is 0 Å². The van der Waals surface area contributed by atoms with Crippen molar-refractivity contribution in [2.75, 3.05) is 11.4 Å². The molecule has 1 atom stereocenters. The number of nitro groups is 1. The van der Waals surface area contributed by atoms with E-state index in [2.05, 4.69) is 0 Å². The third-order valence-electron chi connectivity index (χ3n) is 2.84. The zero-order valence-electron chi connectivity index (χ0n) is 9.52. The number of non-ortho nitro benzene ring substituents is 1. The van der Waals surface area contributed by atoms with Gasteiger partial charge in [-0.2, -0.15) is 0 Å². The van der Waals surface area contributed by atoms with Gasteiger partial charge in [0.2, 0.25) is 15.0 Å². The highest BCUT2D eigenvalue weighted by Crippen LogP contribution is 2.28. The smallest absolute Gasteiger partial charge is 0.271 e. The maximum Gasteiger partial charge on any atom is 0.271 e. The summed E-state index contributed by atoms with van der Waals surface area (Å²) in [5.41, 5.74) is 0.129. The average molecular weight is 305 g/mol. The summed E-state index contributed by atoms with van der Waals surface area (Å²) >= 11 is 0. The second-order valence-electron chi connectivity index (χ2n) is 4.08. The van der Waals surface area contributed by atoms with Gasteiger partial charge in [-0.1, -0.05) is 6.07 Å². The maximum absolute atomic E-state index is 11.7. The Hall–Kier alpha value is -1.67. The number of nitrogens with zero attached hydrogens (tertiary/aromatic N) is 2. The molecule has 0 N–H and O–H groups in total. The predicted molar refractivity (Wildman–Crippen MR) is 68.6 cm³/mol. The highest BCUT2D eigenvalue weighted by atomic mass is 35.7. The van der Waals surface area contributed by atoms with E-state index in [0.717, 1.165) is 0 Å². The third kappa shape index (κ3) is 2.85. The summed E-state index contributed by atoms with van der Waals surface area (Å²) in [6.07, 6.45) is -0.214. The topological polar surface area (TPSA) is 97.6 Å². The summed E-state index contributed by atoms with van der Waals surface area (Å²) in [5.74, 6) is -0.422. The molecule has 1 fully saturated rings. The highest BCUT2D eigenvalue weighted by Gasteiger charge is 2.38. The first-order chi connectivity index (χ1) is 8.79. The van der Waals surface area contributed by atoms with Crippen LogP contribution in [0.15, 0.2) is 24.3 Å². The van der Waals surface area contributed by atoms with Crippen molar-refractivity contribution >= 4 is 37.0 Å². The molecule has 1 unspecified atom stereocenters. The molecule has 0 spiro atoms. The molecule has 1 aliphatic heterocycles. The summed E-state index contributed by atoms with van der Waals surface area (Å²) in [6.45, 7) is -0.0914. The molecule has 2 rings (SSSR count). The highest BCUT2D eigenvalue weighted by molar-refractivity contribution is 8.14. The number of halogens is 1. The standard InChI is InChI=1S/C10H9ClN2O5S/c11-19(17,18)9-5-10(14)12(6-9)7-2-1-3-8(4-7)13(15)16/h1-4,9H,5-6H2. The SMILES string of the molecule is O=C1CC(S(=O)(=O)Cl)CN1c1cccc([N+](=O)[O-])c1. The van der Waals surface area contributed by atoms with Gasteiger partial charge in [0.1, 0.15) is 5.25 Å². The lowest BCUT2D eigenvalue weighted by Gasteiger charge is -2.15. The first-order valence-electron chi connectivity index (χ1n) is 5.27. The third-order valence-corrected chi connectivity index (χ3v) is 4.71. The van der Waals surface area contributed by atoms with E-state index in [0.29, 0.717) is 5.69 Å². The first kappa shape index (κ1) is 13.8. The number of carbonyl (C=O) groups is 1. The van der Waals surface area contributed by atoms with Gasteiger partial charge in [0.15, 0.2) is 0 Å². The number of benzene rings is 1. The van der Waals surface area contributed by atoms with Gasteiger partial charge in [-0.3, -0.25) is 14.9 Å². The fourth-order valence-electron chi connectivity index (χ4n) is 1.89. The minimum absolute atomic E-state index is 0.0914. The molecule has 1 saturated heterocycles. The molecule has 1 aliphatic rings. The molecule has 0 bridgehead atoms. The van der Waals surface area contributed by atoms with Crippen LogP contribution in [0.5, 0.6) is 0 Å². The molecule has 1 aromatic carbocycles. The van der Waals surface area contributed by atoms with Gasteiger partial charge in [0.05, 0.1) is 10.6 Å². The second kappa shape index (κ2) is 4.78. The second-order valence-corrected chi connectivity index (χ2v) is 6.99. The van der Waals surface area contributed by atoms with Crippen molar-refractivity contribution in [1.29, 1.82) is 0 Å². The van der Waals surface area contributed by atoms with Crippen molar-refractivity contribution in [2.45, 2.75) is 11.7 Å². The fourth-order valence-corrected chi connectivity index (χ4v) is 2.91. The summed E-state index contributed by atoms with van der Waals surface area (Å²) in [5, 5.41) is 9.67. The van der Waals surface area contributed by atoms with Crippen molar-refractivity contribution in [3.63, 3.8) is 0 Å². The Balaban J connectivity index is 2.31. The Morgan fingerprint density at radius 2 is 2.11 bits per heavy atom. The molecule has 0 saturated carbocycles. The van der Waals surface area contributed by atoms with E-state index in [9.17, 15) is 23.3 Å². The Morgan fingerprint density at radius 3 is 2.63 bits per heavy atom. The van der Waals surface area contributed by atoms with Gasteiger partial charge in [-0.05, 0) is 6.07 Å². The molecule has 102 valence electrons. The number of anilines is 1. The van der Waals surface area contributed by atoms with Crippen molar-refractivity contribution in [3.8, 4) is 0 Å². The molecule has 1 amide bonds. The number of carbonyl (C=O) groups excluding carboxylic acids is 1. The predicted octanol–water partition coefficient (Wildman–Crippen LogP) is 1.27. The monoisotopic (exact) mass is 304 g/mol. The lowest BCUT2D eigenvalue weighted by atomic mass is 10.2. The Morgan fingerprint density at radius 1 is 1.42 bits per heavy atom. The van der Waals surface area contributed by atoms with Crippen molar-refractivity contribution in [3.05, 3.63) is 34.4 Å². The normalized spacial score (nSPS) is 19.7. The maximum atomic E-state index is 11.7. The number of hydrogen-bond donors (Lipinski definition) is 0. The lowest BCUT2D eigenvalue weighted by Crippen LogP contribution is -2.26. The van der Waals surface area contributed by atoms with Gasteiger partial charge in [-0.15, -0.1) is 0 Å². The van der Waals surface area contributed by atoms with Crippen LogP contribution in [0.4, 0.5) is 11.4 Å². The summed E-state index contributed by atoms with van der Waals surface area (Å²) < 4.78 is 22.4. The van der Waals surface area contributed by atoms with Crippen LogP contribution in [0.25, 0.3) is 0 Å². The van der Waals surface area contributed by atoms with E-state index < -0.39 is 25.1 Å². The lowest BCUT2D eigenvalue weighted by molar-refractivity contribution is -0.384. The van der Waals surface area contributed by atoms with Crippen LogP contribution in [-0.2, 0) is 13.8 Å². The molecule has 1 aromatic rings. The van der Waals surface area contributed by atoms with Crippen LogP contribution >= 0.6 is 10.7 Å². The largest absolute Gasteiger partial charge is 0.311 e. The van der Waals surface area contributed by atoms with Gasteiger partial charge in [0, 0.05) is 35.8 Å². The van der Waals surface area contributed by atoms with Crippen LogP contribution in [0.2, 0.25) is 0 Å². The molecular formula is C10H9ClN2O5S. The Labute approximate surface area is 113 Å². The van der Waals surface area contributed by atoms with Crippen LogP contribution < -0.4 is 4.90 Å². The molecule has 0 radical (unpaired) electrons. The summed E-state index contributed by atoms with van der Waals surface area (Å²) in [4.78, 5) is 23.0. The fraction of sp³-hybridized carbons (Fsp3) is 0.300. The van der Waals surface area contributed by atoms with Gasteiger partial charge in [-0.25, -0.2) is 8.42 Å². The Kier molecular flexibility index (Phi) is 3.46. The van der Waals surface area contributed by atoms with E-state index in [1.165, 1.54) is 29.2 Å². The minimum Gasteiger partial charge on any atom is -0.311 e. The summed E-state index contributed by atoms with van der Waals surface area (Å²) in [7, 11) is 1.40. The quantitative estimate of drug-likeness (QED) is 0.476. The van der Waals surface area contributed by atoms with E-state index in [-0.39, 0.29) is 18.7 Å². The molecule has 0 aliphatic carbocycles. The number of amides is 1. The van der Waals surface area contributed by atoms with Crippen LogP contribution in [0.1, 0.15) is 6.42 Å². The zero-order chi connectivity index (χ0) is 14.2. The van der Waals surface area contributed by atoms with Crippen molar-refractivity contribution < 1.29 is 18.1 Å². The zero-order valence-corrected chi connectivity index (χ0v) is 11.1. The van der Waals surface area contributed by atoms with E-state index in [1.54, 1.807) is 0 Å². The number of hydrogen-bond acceptors (Lipinski definition) is 5. The molecule has 1 heterocycles. The van der Waals surface area contributed by atoms with Crippen molar-refractivity contribution in [1.82, 2.24) is 0 Å². The molecule has 0 aromatic heterocycles. The Bertz CT molecular complexity index is 645. The van der Waals surface area contributed by atoms with Crippen LogP contribution in [-0.4, -0.2) is 31.0 Å². The first-order valence-corrected chi connectivity index (χ1v) is 7.64. The number of nitro benzene ring substituents is 1. The average Bonchev–Trinajstić information content (AvgIpc) is 2.71. The molecule has 19 heavy (non-hydrogen) atoms. The van der Waals surface area contributed by atoms with Crippen LogP contribution in [0.3, 0.4) is 0 Å². The van der Waals surface area contributed by atoms with E-state index in [4.69, 9.17) is 10.7 Å². The van der Waals surface area contributed by atoms with Gasteiger partial charge < -0.3 is 4.90 Å². The molecule has 9 heteroatoms. The number of rotatable bonds is 3. The van der Waals surface area contributed by atoms with E-state index in [1.807, 2.05) is 0 Å². The van der Waals surface area contributed by atoms with Crippen LogP contribution in [0, 0.1) is 10.1 Å². The molecule has 7 nitrogen and oxygen atoms in total.